The van der Waals surface area contributed by atoms with E-state index in [1.165, 1.54) is 24.3 Å². The number of aryl methyl sites for hydroxylation is 1. The minimum atomic E-state index is -4.68. The molecule has 2 N–H and O–H groups in total. The largest absolute Gasteiger partial charge is 0.573 e. The third-order valence-corrected chi connectivity index (χ3v) is 2.91. The highest BCUT2D eigenvalue weighted by atomic mass is 19.4. The van der Waals surface area contributed by atoms with Crippen molar-refractivity contribution in [1.29, 1.82) is 0 Å². The van der Waals surface area contributed by atoms with Crippen LogP contribution in [0.15, 0.2) is 48.5 Å². The van der Waals surface area contributed by atoms with Crippen LogP contribution in [-0.2, 0) is 0 Å². The number of ether oxygens (including phenoxy) is 1. The first kappa shape index (κ1) is 14.4. The van der Waals surface area contributed by atoms with E-state index >= 15 is 0 Å². The Labute approximate surface area is 115 Å². The molecule has 2 rings (SSSR count). The number of alkyl halides is 3. The van der Waals surface area contributed by atoms with Gasteiger partial charge in [-0.05, 0) is 30.2 Å². The summed E-state index contributed by atoms with van der Waals surface area (Å²) < 4.78 is 40.0. The van der Waals surface area contributed by atoms with Crippen LogP contribution in [0.5, 0.6) is 5.75 Å². The van der Waals surface area contributed by atoms with Crippen LogP contribution in [0.4, 0.5) is 13.2 Å². The molecule has 1 atom stereocenters. The summed E-state index contributed by atoms with van der Waals surface area (Å²) in [6, 6.07) is 12.9. The number of benzene rings is 2. The number of hydrogen-bond donors (Lipinski definition) is 1. The number of hydrogen-bond acceptors (Lipinski definition) is 2. The second-order valence-electron chi connectivity index (χ2n) is 4.51. The van der Waals surface area contributed by atoms with Crippen molar-refractivity contribution in [2.45, 2.75) is 19.3 Å². The standard InChI is InChI=1S/C15H14F3NO/c1-10-2-4-11(5-3-10)14(19)12-6-8-13(9-7-12)20-15(16,17)18/h2-9,14H,19H2,1H3/t14-/m1/s1. The highest BCUT2D eigenvalue weighted by molar-refractivity contribution is 5.36. The molecule has 0 aliphatic carbocycles. The predicted molar refractivity (Wildman–Crippen MR) is 70.3 cm³/mol. The van der Waals surface area contributed by atoms with Crippen LogP contribution in [0, 0.1) is 6.92 Å². The van der Waals surface area contributed by atoms with Crippen LogP contribution in [0.3, 0.4) is 0 Å². The number of halogens is 3. The molecule has 0 saturated heterocycles. The van der Waals surface area contributed by atoms with E-state index in [4.69, 9.17) is 5.73 Å². The molecule has 20 heavy (non-hydrogen) atoms. The third-order valence-electron chi connectivity index (χ3n) is 2.91. The van der Waals surface area contributed by atoms with Crippen molar-refractivity contribution in [3.63, 3.8) is 0 Å². The highest BCUT2D eigenvalue weighted by Crippen LogP contribution is 2.26. The van der Waals surface area contributed by atoms with E-state index in [9.17, 15) is 13.2 Å². The van der Waals surface area contributed by atoms with Crippen LogP contribution in [0.1, 0.15) is 22.7 Å². The van der Waals surface area contributed by atoms with E-state index < -0.39 is 6.36 Å². The van der Waals surface area contributed by atoms with Crippen LogP contribution in [-0.4, -0.2) is 6.36 Å². The average Bonchev–Trinajstić information content (AvgIpc) is 2.38. The molecule has 0 radical (unpaired) electrons. The van der Waals surface area contributed by atoms with E-state index in [0.717, 1.165) is 16.7 Å². The molecule has 0 heterocycles. The first-order chi connectivity index (χ1) is 9.35. The molecule has 0 unspecified atom stereocenters. The minimum Gasteiger partial charge on any atom is -0.406 e. The summed E-state index contributed by atoms with van der Waals surface area (Å²) in [6.07, 6.45) is -4.68. The Morgan fingerprint density at radius 2 is 1.35 bits per heavy atom. The first-order valence-electron chi connectivity index (χ1n) is 6.03. The molecule has 5 heteroatoms. The molecule has 106 valence electrons. The normalized spacial score (nSPS) is 13.1. The maximum absolute atomic E-state index is 12.1. The lowest BCUT2D eigenvalue weighted by Crippen LogP contribution is -2.17. The van der Waals surface area contributed by atoms with E-state index in [1.807, 2.05) is 31.2 Å². The van der Waals surface area contributed by atoms with Gasteiger partial charge in [0, 0.05) is 0 Å². The Balaban J connectivity index is 2.15. The summed E-state index contributed by atoms with van der Waals surface area (Å²) in [5.41, 5.74) is 8.83. The van der Waals surface area contributed by atoms with Gasteiger partial charge in [-0.15, -0.1) is 13.2 Å². The maximum atomic E-state index is 12.1. The fourth-order valence-corrected chi connectivity index (χ4v) is 1.84. The summed E-state index contributed by atoms with van der Waals surface area (Å²) in [5.74, 6) is -0.252. The van der Waals surface area contributed by atoms with Crippen LogP contribution in [0.25, 0.3) is 0 Å². The summed E-state index contributed by atoms with van der Waals surface area (Å²) in [7, 11) is 0. The topological polar surface area (TPSA) is 35.2 Å². The smallest absolute Gasteiger partial charge is 0.406 e. The zero-order valence-corrected chi connectivity index (χ0v) is 10.8. The Bertz CT molecular complexity index is 561. The van der Waals surface area contributed by atoms with Gasteiger partial charge in [-0.25, -0.2) is 0 Å². The monoisotopic (exact) mass is 281 g/mol. The Kier molecular flexibility index (Phi) is 3.99. The molecule has 0 fully saturated rings. The van der Waals surface area contributed by atoms with E-state index in [0.29, 0.717) is 0 Å². The zero-order valence-electron chi connectivity index (χ0n) is 10.8. The number of nitrogens with two attached hydrogens (primary N) is 1. The summed E-state index contributed by atoms with van der Waals surface area (Å²) in [5, 5.41) is 0. The summed E-state index contributed by atoms with van der Waals surface area (Å²) in [6.45, 7) is 1.97. The average molecular weight is 281 g/mol. The predicted octanol–water partition coefficient (Wildman–Crippen LogP) is 3.94. The van der Waals surface area contributed by atoms with Crippen LogP contribution >= 0.6 is 0 Å². The van der Waals surface area contributed by atoms with Crippen LogP contribution in [0.2, 0.25) is 0 Å². The van der Waals surface area contributed by atoms with Gasteiger partial charge in [-0.3, -0.25) is 0 Å². The summed E-state index contributed by atoms with van der Waals surface area (Å²) in [4.78, 5) is 0. The summed E-state index contributed by atoms with van der Waals surface area (Å²) >= 11 is 0. The molecule has 0 aromatic heterocycles. The fourth-order valence-electron chi connectivity index (χ4n) is 1.84. The lowest BCUT2D eigenvalue weighted by Gasteiger charge is -2.14. The number of rotatable bonds is 3. The second-order valence-corrected chi connectivity index (χ2v) is 4.51. The van der Waals surface area contributed by atoms with Gasteiger partial charge in [0.05, 0.1) is 6.04 Å². The molecule has 0 saturated carbocycles. The fraction of sp³-hybridized carbons (Fsp3) is 0.200. The van der Waals surface area contributed by atoms with Crippen molar-refractivity contribution < 1.29 is 17.9 Å². The quantitative estimate of drug-likeness (QED) is 0.924. The van der Waals surface area contributed by atoms with Crippen molar-refractivity contribution in [3.05, 3.63) is 65.2 Å². The van der Waals surface area contributed by atoms with E-state index in [-0.39, 0.29) is 11.8 Å². The van der Waals surface area contributed by atoms with Gasteiger partial charge in [0.1, 0.15) is 5.75 Å². The van der Waals surface area contributed by atoms with Crippen molar-refractivity contribution in [2.24, 2.45) is 5.73 Å². The minimum absolute atomic E-state index is 0.252. The SMILES string of the molecule is Cc1ccc([C@@H](N)c2ccc(OC(F)(F)F)cc2)cc1. The molecule has 0 aliphatic rings. The van der Waals surface area contributed by atoms with Gasteiger partial charge in [-0.2, -0.15) is 0 Å². The van der Waals surface area contributed by atoms with Gasteiger partial charge in [-0.1, -0.05) is 42.0 Å². The van der Waals surface area contributed by atoms with Gasteiger partial charge in [0.25, 0.3) is 0 Å². The van der Waals surface area contributed by atoms with Gasteiger partial charge in [0.15, 0.2) is 0 Å². The van der Waals surface area contributed by atoms with Gasteiger partial charge in [0.2, 0.25) is 0 Å². The molecule has 2 aromatic rings. The lowest BCUT2D eigenvalue weighted by atomic mass is 9.99. The van der Waals surface area contributed by atoms with E-state index in [1.54, 1.807) is 0 Å². The van der Waals surface area contributed by atoms with Crippen molar-refractivity contribution in [3.8, 4) is 5.75 Å². The molecule has 0 spiro atoms. The Hall–Kier alpha value is -2.01. The van der Waals surface area contributed by atoms with Crippen molar-refractivity contribution in [2.75, 3.05) is 0 Å². The van der Waals surface area contributed by atoms with E-state index in [2.05, 4.69) is 4.74 Å². The maximum Gasteiger partial charge on any atom is 0.573 e. The second kappa shape index (κ2) is 5.54. The Morgan fingerprint density at radius 3 is 1.80 bits per heavy atom. The molecule has 0 aliphatic heterocycles. The van der Waals surface area contributed by atoms with Crippen molar-refractivity contribution >= 4 is 0 Å². The first-order valence-corrected chi connectivity index (χ1v) is 6.03. The lowest BCUT2D eigenvalue weighted by molar-refractivity contribution is -0.274. The van der Waals surface area contributed by atoms with Crippen molar-refractivity contribution in [1.82, 2.24) is 0 Å². The molecule has 0 amide bonds. The molecular weight excluding hydrogens is 267 g/mol. The molecule has 2 nitrogen and oxygen atoms in total. The third kappa shape index (κ3) is 3.74. The molecular formula is C15H14F3NO. The van der Waals surface area contributed by atoms with Crippen LogP contribution < -0.4 is 10.5 Å². The van der Waals surface area contributed by atoms with Gasteiger partial charge < -0.3 is 10.5 Å². The highest BCUT2D eigenvalue weighted by Gasteiger charge is 2.31. The Morgan fingerprint density at radius 1 is 0.900 bits per heavy atom. The van der Waals surface area contributed by atoms with Gasteiger partial charge >= 0.3 is 6.36 Å². The zero-order chi connectivity index (χ0) is 14.8. The molecule has 2 aromatic carbocycles. The molecule has 0 bridgehead atoms.